The first-order chi connectivity index (χ1) is 9.19. The Labute approximate surface area is 115 Å². The zero-order valence-electron chi connectivity index (χ0n) is 12.0. The highest BCUT2D eigenvalue weighted by Crippen LogP contribution is 2.29. The Kier molecular flexibility index (Phi) is 3.50. The fourth-order valence-electron chi connectivity index (χ4n) is 3.09. The molecular formula is C16H24N2O. The number of hydrogen-bond acceptors (Lipinski definition) is 3. The number of ether oxygens (including phenoxy) is 1. The van der Waals surface area contributed by atoms with Gasteiger partial charge in [-0.2, -0.15) is 0 Å². The molecule has 3 heteroatoms. The molecule has 0 saturated carbocycles. The molecule has 2 aliphatic rings. The molecule has 1 saturated heterocycles. The average Bonchev–Trinajstić information content (AvgIpc) is 2.77. The lowest BCUT2D eigenvalue weighted by Crippen LogP contribution is -2.47. The molecule has 2 aliphatic heterocycles. The molecule has 19 heavy (non-hydrogen) atoms. The molecule has 0 amide bonds. The molecule has 0 aromatic heterocycles. The van der Waals surface area contributed by atoms with Crippen LogP contribution in [0.4, 0.5) is 5.69 Å². The quantitative estimate of drug-likeness (QED) is 0.876. The largest absolute Gasteiger partial charge is 0.385 e. The summed E-state index contributed by atoms with van der Waals surface area (Å²) >= 11 is 0. The van der Waals surface area contributed by atoms with E-state index in [0.29, 0.717) is 6.10 Å². The van der Waals surface area contributed by atoms with Crippen LogP contribution in [0.1, 0.15) is 37.8 Å². The van der Waals surface area contributed by atoms with Gasteiger partial charge in [-0.25, -0.2) is 0 Å². The van der Waals surface area contributed by atoms with E-state index in [-0.39, 0.29) is 5.54 Å². The van der Waals surface area contributed by atoms with Crippen molar-refractivity contribution in [1.29, 1.82) is 0 Å². The van der Waals surface area contributed by atoms with Crippen molar-refractivity contribution in [2.75, 3.05) is 18.5 Å². The van der Waals surface area contributed by atoms with Crippen LogP contribution in [-0.2, 0) is 17.7 Å². The molecule has 2 heterocycles. The van der Waals surface area contributed by atoms with Crippen LogP contribution in [-0.4, -0.2) is 24.8 Å². The molecule has 2 N–H and O–H groups in total. The van der Waals surface area contributed by atoms with Gasteiger partial charge in [0.1, 0.15) is 0 Å². The summed E-state index contributed by atoms with van der Waals surface area (Å²) in [5, 5.41) is 7.27. The predicted molar refractivity (Wildman–Crippen MR) is 78.5 cm³/mol. The predicted octanol–water partition coefficient (Wildman–Crippen LogP) is 2.70. The lowest BCUT2D eigenvalue weighted by atomic mass is 9.93. The molecule has 0 radical (unpaired) electrons. The first-order valence-electron chi connectivity index (χ1n) is 7.40. The van der Waals surface area contributed by atoms with E-state index in [0.717, 1.165) is 26.1 Å². The Hall–Kier alpha value is -1.06. The standard InChI is InChI=1S/C16H24N2O/c1-12-16(2,8-10-19-12)18-11-14-6-3-5-13-7-4-9-17-15(13)14/h3,5-6,12,17-18H,4,7-11H2,1-2H3. The number of rotatable bonds is 3. The number of hydrogen-bond donors (Lipinski definition) is 2. The normalized spacial score (nSPS) is 29.9. The minimum absolute atomic E-state index is 0.109. The lowest BCUT2D eigenvalue weighted by Gasteiger charge is -2.30. The Morgan fingerprint density at radius 2 is 2.37 bits per heavy atom. The summed E-state index contributed by atoms with van der Waals surface area (Å²) in [6.07, 6.45) is 3.83. The molecule has 1 fully saturated rings. The smallest absolute Gasteiger partial charge is 0.0726 e. The van der Waals surface area contributed by atoms with Gasteiger partial charge in [0.2, 0.25) is 0 Å². The lowest BCUT2D eigenvalue weighted by molar-refractivity contribution is 0.0881. The van der Waals surface area contributed by atoms with Crippen molar-refractivity contribution >= 4 is 5.69 Å². The fraction of sp³-hybridized carbons (Fsp3) is 0.625. The zero-order valence-corrected chi connectivity index (χ0v) is 12.0. The van der Waals surface area contributed by atoms with Gasteiger partial charge < -0.3 is 15.4 Å². The molecule has 0 bridgehead atoms. The number of fused-ring (bicyclic) bond motifs is 1. The number of benzene rings is 1. The number of aryl methyl sites for hydroxylation is 1. The van der Waals surface area contributed by atoms with Gasteiger partial charge in [-0.05, 0) is 44.2 Å². The molecule has 0 spiro atoms. The summed E-state index contributed by atoms with van der Waals surface area (Å²) in [6, 6.07) is 6.65. The Bertz CT molecular complexity index is 460. The summed E-state index contributed by atoms with van der Waals surface area (Å²) < 4.78 is 5.69. The molecule has 2 atom stereocenters. The third-order valence-corrected chi connectivity index (χ3v) is 4.73. The highest BCUT2D eigenvalue weighted by Gasteiger charge is 2.36. The van der Waals surface area contributed by atoms with Crippen LogP contribution in [0.25, 0.3) is 0 Å². The minimum atomic E-state index is 0.109. The Morgan fingerprint density at radius 3 is 3.16 bits per heavy atom. The van der Waals surface area contributed by atoms with E-state index in [2.05, 4.69) is 42.7 Å². The van der Waals surface area contributed by atoms with E-state index in [9.17, 15) is 0 Å². The van der Waals surface area contributed by atoms with Crippen LogP contribution in [0.15, 0.2) is 18.2 Å². The van der Waals surface area contributed by atoms with E-state index in [4.69, 9.17) is 4.74 Å². The maximum absolute atomic E-state index is 5.69. The number of nitrogens with one attached hydrogen (secondary N) is 2. The van der Waals surface area contributed by atoms with Crippen molar-refractivity contribution < 1.29 is 4.74 Å². The van der Waals surface area contributed by atoms with E-state index < -0.39 is 0 Å². The van der Waals surface area contributed by atoms with Gasteiger partial charge in [0, 0.05) is 30.9 Å². The summed E-state index contributed by atoms with van der Waals surface area (Å²) in [5.41, 5.74) is 4.32. The molecular weight excluding hydrogens is 236 g/mol. The van der Waals surface area contributed by atoms with E-state index >= 15 is 0 Å². The van der Waals surface area contributed by atoms with Gasteiger partial charge in [0.25, 0.3) is 0 Å². The first kappa shape index (κ1) is 12.9. The molecule has 3 rings (SSSR count). The molecule has 2 unspecified atom stereocenters. The van der Waals surface area contributed by atoms with Gasteiger partial charge in [-0.3, -0.25) is 0 Å². The summed E-state index contributed by atoms with van der Waals surface area (Å²) in [5.74, 6) is 0. The van der Waals surface area contributed by atoms with Gasteiger partial charge in [0.15, 0.2) is 0 Å². The van der Waals surface area contributed by atoms with Crippen molar-refractivity contribution in [2.45, 2.75) is 51.3 Å². The van der Waals surface area contributed by atoms with Gasteiger partial charge in [0.05, 0.1) is 6.10 Å². The highest BCUT2D eigenvalue weighted by atomic mass is 16.5. The molecule has 1 aromatic rings. The third kappa shape index (κ3) is 2.49. The van der Waals surface area contributed by atoms with Crippen LogP contribution in [0.3, 0.4) is 0 Å². The van der Waals surface area contributed by atoms with Gasteiger partial charge in [-0.15, -0.1) is 0 Å². The minimum Gasteiger partial charge on any atom is -0.385 e. The van der Waals surface area contributed by atoms with Crippen LogP contribution in [0, 0.1) is 0 Å². The Morgan fingerprint density at radius 1 is 1.47 bits per heavy atom. The van der Waals surface area contributed by atoms with E-state index in [1.165, 1.54) is 29.7 Å². The second kappa shape index (κ2) is 5.14. The van der Waals surface area contributed by atoms with Crippen LogP contribution in [0.5, 0.6) is 0 Å². The van der Waals surface area contributed by atoms with E-state index in [1.54, 1.807) is 0 Å². The monoisotopic (exact) mass is 260 g/mol. The SMILES string of the molecule is CC1OCCC1(C)NCc1cccc2c1NCCC2. The maximum Gasteiger partial charge on any atom is 0.0726 e. The summed E-state index contributed by atoms with van der Waals surface area (Å²) in [4.78, 5) is 0. The Balaban J connectivity index is 1.73. The van der Waals surface area contributed by atoms with E-state index in [1.807, 2.05) is 0 Å². The maximum atomic E-state index is 5.69. The summed E-state index contributed by atoms with van der Waals surface area (Å²) in [7, 11) is 0. The topological polar surface area (TPSA) is 33.3 Å². The summed E-state index contributed by atoms with van der Waals surface area (Å²) in [6.45, 7) is 7.32. The van der Waals surface area contributed by atoms with Gasteiger partial charge >= 0.3 is 0 Å². The van der Waals surface area contributed by atoms with Crippen molar-refractivity contribution in [3.63, 3.8) is 0 Å². The molecule has 0 aliphatic carbocycles. The first-order valence-corrected chi connectivity index (χ1v) is 7.40. The number of anilines is 1. The zero-order chi connectivity index (χ0) is 13.3. The molecule has 3 nitrogen and oxygen atoms in total. The third-order valence-electron chi connectivity index (χ3n) is 4.73. The average molecular weight is 260 g/mol. The number of para-hydroxylation sites is 1. The van der Waals surface area contributed by atoms with Crippen LogP contribution in [0.2, 0.25) is 0 Å². The second-order valence-electron chi connectivity index (χ2n) is 6.02. The molecule has 104 valence electrons. The van der Waals surface area contributed by atoms with Crippen LogP contribution < -0.4 is 10.6 Å². The highest BCUT2D eigenvalue weighted by molar-refractivity contribution is 5.59. The van der Waals surface area contributed by atoms with Crippen molar-refractivity contribution in [3.8, 4) is 0 Å². The van der Waals surface area contributed by atoms with Gasteiger partial charge in [-0.1, -0.05) is 18.2 Å². The fourth-order valence-corrected chi connectivity index (χ4v) is 3.09. The second-order valence-corrected chi connectivity index (χ2v) is 6.02. The molecule has 1 aromatic carbocycles. The van der Waals surface area contributed by atoms with Crippen molar-refractivity contribution in [3.05, 3.63) is 29.3 Å². The van der Waals surface area contributed by atoms with Crippen molar-refractivity contribution in [2.24, 2.45) is 0 Å². The van der Waals surface area contributed by atoms with Crippen molar-refractivity contribution in [1.82, 2.24) is 5.32 Å². The van der Waals surface area contributed by atoms with Crippen LogP contribution >= 0.6 is 0 Å².